The van der Waals surface area contributed by atoms with Crippen molar-refractivity contribution in [1.29, 1.82) is 5.26 Å². The number of aliphatic hydroxyl groups is 3. The zero-order valence-corrected chi connectivity index (χ0v) is 20.9. The molecule has 1 aromatic carbocycles. The second-order valence-corrected chi connectivity index (χ2v) is 9.14. The molecule has 1 heterocycles. The topological polar surface area (TPSA) is 143 Å². The van der Waals surface area contributed by atoms with Gasteiger partial charge < -0.3 is 30.3 Å². The van der Waals surface area contributed by atoms with Gasteiger partial charge in [-0.2, -0.15) is 5.26 Å². The highest BCUT2D eigenvalue weighted by Gasteiger charge is 2.37. The molecule has 2 amide bonds. The van der Waals surface area contributed by atoms with E-state index in [1.165, 1.54) is 30.2 Å². The summed E-state index contributed by atoms with van der Waals surface area (Å²) in [5.41, 5.74) is 0.428. The van der Waals surface area contributed by atoms with E-state index in [1.807, 2.05) is 13.8 Å². The highest BCUT2D eigenvalue weighted by Crippen LogP contribution is 2.18. The number of carbonyl (C=O) groups excluding carboxylic acids is 2. The molecule has 1 aliphatic rings. The molecule has 10 heteroatoms. The van der Waals surface area contributed by atoms with E-state index in [0.717, 1.165) is 6.42 Å². The lowest BCUT2D eigenvalue weighted by atomic mass is 9.99. The van der Waals surface area contributed by atoms with Crippen molar-refractivity contribution in [3.8, 4) is 6.07 Å². The molecule has 36 heavy (non-hydrogen) atoms. The summed E-state index contributed by atoms with van der Waals surface area (Å²) in [5, 5.41) is 42.6. The minimum atomic E-state index is -1.75. The third kappa shape index (κ3) is 7.83. The summed E-state index contributed by atoms with van der Waals surface area (Å²) in [6.07, 6.45) is -0.774. The Kier molecular flexibility index (Phi) is 11.5. The number of nitrogens with zero attached hydrogens (tertiary/aromatic N) is 2. The number of nitriles is 1. The van der Waals surface area contributed by atoms with Gasteiger partial charge in [0.1, 0.15) is 36.2 Å². The van der Waals surface area contributed by atoms with Gasteiger partial charge in [0.15, 0.2) is 6.10 Å². The molecule has 2 unspecified atom stereocenters. The number of methoxy groups -OCH3 is 1. The van der Waals surface area contributed by atoms with E-state index in [1.54, 1.807) is 18.2 Å². The molecule has 6 atom stereocenters. The average molecular weight is 506 g/mol. The van der Waals surface area contributed by atoms with E-state index in [-0.39, 0.29) is 23.9 Å². The van der Waals surface area contributed by atoms with Gasteiger partial charge in [0, 0.05) is 20.2 Å². The lowest BCUT2D eigenvalue weighted by Crippen LogP contribution is -2.55. The van der Waals surface area contributed by atoms with Crippen LogP contribution in [-0.2, 0) is 20.9 Å². The summed E-state index contributed by atoms with van der Waals surface area (Å²) in [6, 6.07) is 5.00. The van der Waals surface area contributed by atoms with Crippen molar-refractivity contribution in [3.05, 3.63) is 47.3 Å². The van der Waals surface area contributed by atoms with Crippen LogP contribution in [0.1, 0.15) is 50.7 Å². The van der Waals surface area contributed by atoms with Gasteiger partial charge >= 0.3 is 0 Å². The molecular weight excluding hydrogens is 469 g/mol. The first-order chi connectivity index (χ1) is 17.1. The quantitative estimate of drug-likeness (QED) is 0.333. The van der Waals surface area contributed by atoms with Crippen LogP contribution < -0.4 is 5.32 Å². The molecule has 0 spiro atoms. The van der Waals surface area contributed by atoms with E-state index in [4.69, 9.17) is 10.00 Å². The van der Waals surface area contributed by atoms with E-state index in [0.29, 0.717) is 31.4 Å². The Balaban J connectivity index is 2.07. The number of ether oxygens (including phenoxy) is 1. The molecule has 4 N–H and O–H groups in total. The Bertz CT molecular complexity index is 965. The number of halogens is 1. The number of aliphatic hydroxyl groups excluding tert-OH is 3. The maximum atomic E-state index is 14.0. The Morgan fingerprint density at radius 2 is 2.03 bits per heavy atom. The first kappa shape index (κ1) is 29.4. The second kappa shape index (κ2) is 14.0. The predicted octanol–water partition coefficient (Wildman–Crippen LogP) is 1.39. The van der Waals surface area contributed by atoms with Crippen LogP contribution in [0.4, 0.5) is 4.39 Å². The van der Waals surface area contributed by atoms with Gasteiger partial charge in [0.2, 0.25) is 5.91 Å². The molecule has 2 rings (SSSR count). The van der Waals surface area contributed by atoms with E-state index >= 15 is 0 Å². The molecule has 0 radical (unpaired) electrons. The molecule has 198 valence electrons. The zero-order chi connectivity index (χ0) is 26.8. The largest absolute Gasteiger partial charge is 0.387 e. The Morgan fingerprint density at radius 3 is 2.64 bits per heavy atom. The molecule has 0 bridgehead atoms. The number of benzene rings is 1. The van der Waals surface area contributed by atoms with Gasteiger partial charge in [0.05, 0.1) is 5.56 Å². The SMILES string of the molecule is CCC(C)C=C[C@@H](O)[C@H](O)[C@@H](O)[C@@H](OC)C(=O)NC1CCCCN(Cc2ccc(C#N)c(F)c2)C1=O. The van der Waals surface area contributed by atoms with Crippen LogP contribution in [0.25, 0.3) is 0 Å². The lowest BCUT2D eigenvalue weighted by Gasteiger charge is -2.29. The maximum absolute atomic E-state index is 14.0. The Morgan fingerprint density at radius 1 is 1.31 bits per heavy atom. The number of hydrogen-bond donors (Lipinski definition) is 4. The molecule has 1 fully saturated rings. The first-order valence-corrected chi connectivity index (χ1v) is 12.2. The highest BCUT2D eigenvalue weighted by molar-refractivity contribution is 5.89. The van der Waals surface area contributed by atoms with E-state index < -0.39 is 42.2 Å². The Labute approximate surface area is 211 Å². The summed E-state index contributed by atoms with van der Waals surface area (Å²) in [7, 11) is 1.18. The molecule has 9 nitrogen and oxygen atoms in total. The molecular formula is C26H36FN3O6. The fourth-order valence-electron chi connectivity index (χ4n) is 3.95. The van der Waals surface area contributed by atoms with Gasteiger partial charge in [-0.3, -0.25) is 9.59 Å². The normalized spacial score (nSPS) is 20.8. The molecule has 0 aliphatic carbocycles. The number of rotatable bonds is 11. The van der Waals surface area contributed by atoms with Crippen molar-refractivity contribution < 1.29 is 34.0 Å². The zero-order valence-electron chi connectivity index (χ0n) is 20.9. The van der Waals surface area contributed by atoms with Gasteiger partial charge in [-0.15, -0.1) is 0 Å². The number of likely N-dealkylation sites (tertiary alicyclic amines) is 1. The van der Waals surface area contributed by atoms with Crippen LogP contribution >= 0.6 is 0 Å². The fraction of sp³-hybridized carbons (Fsp3) is 0.577. The number of nitrogens with one attached hydrogen (secondary N) is 1. The van der Waals surface area contributed by atoms with E-state index in [9.17, 15) is 29.3 Å². The first-order valence-electron chi connectivity index (χ1n) is 12.2. The van der Waals surface area contributed by atoms with Gasteiger partial charge in [-0.05, 0) is 42.9 Å². The standard InChI is InChI=1S/C26H36FN3O6/c1-4-16(2)8-11-21(31)22(32)23(33)24(36-3)25(34)29-20-7-5-6-12-30(26(20)35)15-17-9-10-18(14-28)19(27)13-17/h8-11,13,16,20-24,31-33H,4-7,12,15H2,1-3H3,(H,29,34)/t16?,20?,21-,22+,23-,24-/m1/s1. The van der Waals surface area contributed by atoms with Gasteiger partial charge in [0.25, 0.3) is 5.91 Å². The smallest absolute Gasteiger partial charge is 0.252 e. The van der Waals surface area contributed by atoms with Crippen LogP contribution in [0.5, 0.6) is 0 Å². The predicted molar refractivity (Wildman–Crippen MR) is 130 cm³/mol. The molecule has 1 aromatic rings. The minimum absolute atomic E-state index is 0.0853. The van der Waals surface area contributed by atoms with Crippen LogP contribution in [0.2, 0.25) is 0 Å². The van der Waals surface area contributed by atoms with Gasteiger partial charge in [-0.25, -0.2) is 4.39 Å². The molecule has 1 aliphatic heterocycles. The average Bonchev–Trinajstić information content (AvgIpc) is 3.03. The number of amides is 2. The van der Waals surface area contributed by atoms with Crippen LogP contribution in [0.3, 0.4) is 0 Å². The van der Waals surface area contributed by atoms with Crippen molar-refractivity contribution in [2.45, 2.75) is 76.5 Å². The third-order valence-electron chi connectivity index (χ3n) is 6.43. The van der Waals surface area contributed by atoms with E-state index in [2.05, 4.69) is 5.32 Å². The summed E-state index contributed by atoms with van der Waals surface area (Å²) < 4.78 is 19.1. The van der Waals surface area contributed by atoms with Crippen molar-refractivity contribution in [1.82, 2.24) is 10.2 Å². The van der Waals surface area contributed by atoms with Gasteiger partial charge in [-0.1, -0.05) is 38.5 Å². The lowest BCUT2D eigenvalue weighted by molar-refractivity contribution is -0.151. The number of hydrogen-bond acceptors (Lipinski definition) is 7. The second-order valence-electron chi connectivity index (χ2n) is 9.14. The van der Waals surface area contributed by atoms with Crippen molar-refractivity contribution >= 4 is 11.8 Å². The van der Waals surface area contributed by atoms with Crippen molar-refractivity contribution in [2.24, 2.45) is 5.92 Å². The molecule has 0 saturated carbocycles. The summed E-state index contributed by atoms with van der Waals surface area (Å²) in [4.78, 5) is 27.6. The van der Waals surface area contributed by atoms with Crippen LogP contribution in [-0.4, -0.2) is 76.1 Å². The fourth-order valence-corrected chi connectivity index (χ4v) is 3.95. The highest BCUT2D eigenvalue weighted by atomic mass is 19.1. The summed E-state index contributed by atoms with van der Waals surface area (Å²) >= 11 is 0. The Hall–Kier alpha value is -2.84. The number of carbonyl (C=O) groups is 2. The summed E-state index contributed by atoms with van der Waals surface area (Å²) in [5.74, 6) is -1.67. The minimum Gasteiger partial charge on any atom is -0.387 e. The molecule has 0 aromatic heterocycles. The number of allylic oxidation sites excluding steroid dienone is 1. The third-order valence-corrected chi connectivity index (χ3v) is 6.43. The monoisotopic (exact) mass is 505 g/mol. The van der Waals surface area contributed by atoms with Crippen LogP contribution in [0.15, 0.2) is 30.4 Å². The molecule has 1 saturated heterocycles. The van der Waals surface area contributed by atoms with Crippen LogP contribution in [0, 0.1) is 23.1 Å². The summed E-state index contributed by atoms with van der Waals surface area (Å²) in [6.45, 7) is 4.42. The maximum Gasteiger partial charge on any atom is 0.252 e. The van der Waals surface area contributed by atoms with Crippen molar-refractivity contribution in [2.75, 3.05) is 13.7 Å². The van der Waals surface area contributed by atoms with Crippen molar-refractivity contribution in [3.63, 3.8) is 0 Å².